The number of hydrogen-bond donors (Lipinski definition) is 3. The zero-order chi connectivity index (χ0) is 19.4. The third-order valence-electron chi connectivity index (χ3n) is 5.05. The number of benzene rings is 1. The summed E-state index contributed by atoms with van der Waals surface area (Å²) < 4.78 is 12.9. The van der Waals surface area contributed by atoms with Crippen LogP contribution in [0.3, 0.4) is 0 Å². The van der Waals surface area contributed by atoms with E-state index in [1.54, 1.807) is 6.92 Å². The number of urea groups is 1. The van der Waals surface area contributed by atoms with Gasteiger partial charge in [-0.1, -0.05) is 0 Å². The molecule has 0 aromatic heterocycles. The van der Waals surface area contributed by atoms with E-state index in [1.165, 1.54) is 24.3 Å². The molecular formula is C19H25FN4O3. The molecule has 146 valence electrons. The van der Waals surface area contributed by atoms with Gasteiger partial charge in [0.25, 0.3) is 5.91 Å². The second-order valence-electron chi connectivity index (χ2n) is 7.20. The number of hydrogen-bond acceptors (Lipinski definition) is 4. The molecule has 1 aliphatic heterocycles. The minimum Gasteiger partial charge on any atom is -0.349 e. The molecule has 1 atom stereocenters. The first kappa shape index (κ1) is 19.3. The molecule has 3 rings (SSSR count). The van der Waals surface area contributed by atoms with Gasteiger partial charge >= 0.3 is 6.03 Å². The Kier molecular flexibility index (Phi) is 6.05. The number of carbonyl (C=O) groups excluding carboxylic acids is 3. The zero-order valence-corrected chi connectivity index (χ0v) is 15.3. The van der Waals surface area contributed by atoms with Crippen molar-refractivity contribution in [2.45, 2.75) is 50.7 Å². The van der Waals surface area contributed by atoms with E-state index in [1.807, 2.05) is 4.90 Å². The molecule has 7 nitrogen and oxygen atoms in total. The average molecular weight is 376 g/mol. The number of carbonyl (C=O) groups is 3. The second kappa shape index (κ2) is 8.47. The molecule has 1 aliphatic carbocycles. The number of halogens is 1. The van der Waals surface area contributed by atoms with Gasteiger partial charge in [0, 0.05) is 30.7 Å². The molecule has 27 heavy (non-hydrogen) atoms. The van der Waals surface area contributed by atoms with Crippen LogP contribution in [0.4, 0.5) is 9.18 Å². The van der Waals surface area contributed by atoms with Crippen LogP contribution in [0.15, 0.2) is 24.3 Å². The number of nitrogens with one attached hydrogen (secondary N) is 3. The Bertz CT molecular complexity index is 697. The predicted octanol–water partition coefficient (Wildman–Crippen LogP) is 1.40. The first-order valence-electron chi connectivity index (χ1n) is 9.34. The fourth-order valence-electron chi connectivity index (χ4n) is 3.13. The monoisotopic (exact) mass is 376 g/mol. The third-order valence-corrected chi connectivity index (χ3v) is 5.05. The van der Waals surface area contributed by atoms with Gasteiger partial charge in [-0.25, -0.2) is 9.18 Å². The quantitative estimate of drug-likeness (QED) is 0.725. The van der Waals surface area contributed by atoms with Crippen molar-refractivity contribution in [3.05, 3.63) is 35.6 Å². The first-order chi connectivity index (χ1) is 12.9. The van der Waals surface area contributed by atoms with Gasteiger partial charge < -0.3 is 10.6 Å². The standard InChI is InChI=1S/C19H25FN4O3/c1-12(17(25)23-19(27)22-15-6-7-15)24-10-8-16(9-11-24)21-18(26)13-2-4-14(20)5-3-13/h2-5,12,15-16H,6-11H2,1H3,(H,21,26)(H2,22,23,25,27). The highest BCUT2D eigenvalue weighted by atomic mass is 19.1. The van der Waals surface area contributed by atoms with Crippen LogP contribution in [0.2, 0.25) is 0 Å². The summed E-state index contributed by atoms with van der Waals surface area (Å²) in [7, 11) is 0. The van der Waals surface area contributed by atoms with E-state index in [2.05, 4.69) is 16.0 Å². The van der Waals surface area contributed by atoms with E-state index in [9.17, 15) is 18.8 Å². The van der Waals surface area contributed by atoms with Gasteiger partial charge in [-0.3, -0.25) is 19.8 Å². The van der Waals surface area contributed by atoms with Crippen molar-refractivity contribution >= 4 is 17.8 Å². The molecule has 1 aromatic carbocycles. The summed E-state index contributed by atoms with van der Waals surface area (Å²) >= 11 is 0. The van der Waals surface area contributed by atoms with Gasteiger partial charge in [-0.05, 0) is 56.9 Å². The summed E-state index contributed by atoms with van der Waals surface area (Å²) in [5.41, 5.74) is 0.424. The van der Waals surface area contributed by atoms with Gasteiger partial charge in [0.05, 0.1) is 6.04 Å². The molecule has 0 radical (unpaired) electrons. The SMILES string of the molecule is CC(C(=O)NC(=O)NC1CC1)N1CCC(NC(=O)c2ccc(F)cc2)CC1. The maximum Gasteiger partial charge on any atom is 0.321 e. The van der Waals surface area contributed by atoms with E-state index in [0.29, 0.717) is 31.5 Å². The molecule has 1 saturated carbocycles. The largest absolute Gasteiger partial charge is 0.349 e. The third kappa shape index (κ3) is 5.50. The van der Waals surface area contributed by atoms with E-state index in [4.69, 9.17) is 0 Å². The normalized spacial score (nSPS) is 19.2. The van der Waals surface area contributed by atoms with Crippen molar-refractivity contribution in [3.63, 3.8) is 0 Å². The maximum atomic E-state index is 12.9. The Morgan fingerprint density at radius 3 is 2.19 bits per heavy atom. The molecular weight excluding hydrogens is 351 g/mol. The van der Waals surface area contributed by atoms with Crippen LogP contribution in [-0.4, -0.2) is 54.0 Å². The fraction of sp³-hybridized carbons (Fsp3) is 0.526. The topological polar surface area (TPSA) is 90.5 Å². The number of nitrogens with zero attached hydrogens (tertiary/aromatic N) is 1. The van der Waals surface area contributed by atoms with Gasteiger partial charge in [0.1, 0.15) is 5.82 Å². The molecule has 0 spiro atoms. The van der Waals surface area contributed by atoms with Crippen LogP contribution in [0.25, 0.3) is 0 Å². The van der Waals surface area contributed by atoms with E-state index >= 15 is 0 Å². The highest BCUT2D eigenvalue weighted by Crippen LogP contribution is 2.18. The molecule has 1 saturated heterocycles. The van der Waals surface area contributed by atoms with Crippen molar-refractivity contribution in [1.82, 2.24) is 20.9 Å². The summed E-state index contributed by atoms with van der Waals surface area (Å²) in [6.45, 7) is 3.07. The van der Waals surface area contributed by atoms with Gasteiger partial charge in [-0.15, -0.1) is 0 Å². The van der Waals surface area contributed by atoms with Crippen molar-refractivity contribution in [2.24, 2.45) is 0 Å². The van der Waals surface area contributed by atoms with Gasteiger partial charge in [0.2, 0.25) is 5.91 Å². The molecule has 8 heteroatoms. The first-order valence-corrected chi connectivity index (χ1v) is 9.34. The Morgan fingerprint density at radius 2 is 1.59 bits per heavy atom. The highest BCUT2D eigenvalue weighted by molar-refractivity contribution is 5.97. The lowest BCUT2D eigenvalue weighted by molar-refractivity contribution is -0.125. The van der Waals surface area contributed by atoms with Crippen LogP contribution in [0.5, 0.6) is 0 Å². The molecule has 1 aromatic rings. The van der Waals surface area contributed by atoms with Crippen LogP contribution >= 0.6 is 0 Å². The lowest BCUT2D eigenvalue weighted by Gasteiger charge is -2.35. The molecule has 2 aliphatic rings. The second-order valence-corrected chi connectivity index (χ2v) is 7.20. The summed E-state index contributed by atoms with van der Waals surface area (Å²) in [4.78, 5) is 38.1. The number of amides is 4. The van der Waals surface area contributed by atoms with Crippen LogP contribution in [0.1, 0.15) is 43.0 Å². The molecule has 3 N–H and O–H groups in total. The zero-order valence-electron chi connectivity index (χ0n) is 15.3. The predicted molar refractivity (Wildman–Crippen MR) is 97.6 cm³/mol. The average Bonchev–Trinajstić information content (AvgIpc) is 3.46. The fourth-order valence-corrected chi connectivity index (χ4v) is 3.13. The van der Waals surface area contributed by atoms with Gasteiger partial charge in [-0.2, -0.15) is 0 Å². The lowest BCUT2D eigenvalue weighted by Crippen LogP contribution is -2.53. The highest BCUT2D eigenvalue weighted by Gasteiger charge is 2.29. The minimum atomic E-state index is -0.434. The van der Waals surface area contributed by atoms with E-state index < -0.39 is 12.1 Å². The molecule has 4 amide bonds. The number of likely N-dealkylation sites (tertiary alicyclic amines) is 1. The lowest BCUT2D eigenvalue weighted by atomic mass is 10.0. The summed E-state index contributed by atoms with van der Waals surface area (Å²) in [6.07, 6.45) is 3.35. The van der Waals surface area contributed by atoms with E-state index in [0.717, 1.165) is 12.8 Å². The molecule has 2 fully saturated rings. The molecule has 1 heterocycles. The smallest absolute Gasteiger partial charge is 0.321 e. The Labute approximate surface area is 157 Å². The van der Waals surface area contributed by atoms with Gasteiger partial charge in [0.15, 0.2) is 0 Å². The minimum absolute atomic E-state index is 0.00669. The number of rotatable bonds is 5. The Hall–Kier alpha value is -2.48. The Morgan fingerprint density at radius 1 is 1.00 bits per heavy atom. The van der Waals surface area contributed by atoms with Crippen LogP contribution < -0.4 is 16.0 Å². The van der Waals surface area contributed by atoms with Crippen LogP contribution in [-0.2, 0) is 4.79 Å². The maximum absolute atomic E-state index is 12.9. The van der Waals surface area contributed by atoms with Crippen molar-refractivity contribution < 1.29 is 18.8 Å². The molecule has 1 unspecified atom stereocenters. The Balaban J connectivity index is 1.42. The number of imide groups is 1. The van der Waals surface area contributed by atoms with Crippen molar-refractivity contribution in [1.29, 1.82) is 0 Å². The molecule has 0 bridgehead atoms. The summed E-state index contributed by atoms with van der Waals surface area (Å²) in [6, 6.07) is 4.80. The van der Waals surface area contributed by atoms with Crippen molar-refractivity contribution in [3.8, 4) is 0 Å². The van der Waals surface area contributed by atoms with E-state index in [-0.39, 0.29) is 29.7 Å². The van der Waals surface area contributed by atoms with Crippen LogP contribution in [0, 0.1) is 5.82 Å². The summed E-state index contributed by atoms with van der Waals surface area (Å²) in [5, 5.41) is 8.07. The summed E-state index contributed by atoms with van der Waals surface area (Å²) in [5.74, 6) is -0.920. The number of piperidine rings is 1. The van der Waals surface area contributed by atoms with Crippen molar-refractivity contribution in [2.75, 3.05) is 13.1 Å².